The number of hydrogen-bond donors (Lipinski definition) is 3. The minimum Gasteiger partial charge on any atom is -0.444 e. The van der Waals surface area contributed by atoms with Crippen molar-refractivity contribution < 1.29 is 9.53 Å². The third-order valence-electron chi connectivity index (χ3n) is 2.64. The molecule has 0 aliphatic carbocycles. The molecule has 0 atom stereocenters. The highest BCUT2D eigenvalue weighted by molar-refractivity contribution is 5.67. The van der Waals surface area contributed by atoms with E-state index in [1.165, 1.54) is 10.7 Å². The highest BCUT2D eigenvalue weighted by atomic mass is 16.6. The summed E-state index contributed by atoms with van der Waals surface area (Å²) in [4.78, 5) is 26.8. The van der Waals surface area contributed by atoms with Crippen LogP contribution in [0.2, 0.25) is 0 Å². The van der Waals surface area contributed by atoms with Crippen LogP contribution in [0.1, 0.15) is 27.2 Å². The molecule has 1 amide bonds. The van der Waals surface area contributed by atoms with Gasteiger partial charge in [0.15, 0.2) is 5.65 Å². The minimum absolute atomic E-state index is 0.324. The molecule has 0 saturated carbocycles. The smallest absolute Gasteiger partial charge is 0.407 e. The first kappa shape index (κ1) is 15.8. The van der Waals surface area contributed by atoms with Gasteiger partial charge < -0.3 is 15.4 Å². The number of H-pyrrole nitrogens is 1. The van der Waals surface area contributed by atoms with Gasteiger partial charge in [-0.25, -0.2) is 24.1 Å². The van der Waals surface area contributed by atoms with Crippen molar-refractivity contribution in [3.63, 3.8) is 0 Å². The van der Waals surface area contributed by atoms with E-state index in [2.05, 4.69) is 25.8 Å². The van der Waals surface area contributed by atoms with Crippen molar-refractivity contribution >= 4 is 17.6 Å². The number of carbonyl (C=O) groups is 1. The van der Waals surface area contributed by atoms with Crippen LogP contribution in [0.5, 0.6) is 0 Å². The van der Waals surface area contributed by atoms with Crippen molar-refractivity contribution in [1.82, 2.24) is 24.9 Å². The molecule has 120 valence electrons. The lowest BCUT2D eigenvalue weighted by molar-refractivity contribution is 0.0528. The third-order valence-corrected chi connectivity index (χ3v) is 2.64. The van der Waals surface area contributed by atoms with E-state index in [1.807, 2.05) is 20.8 Å². The molecule has 0 bridgehead atoms. The van der Waals surface area contributed by atoms with E-state index in [1.54, 1.807) is 6.07 Å². The Balaban J connectivity index is 1.72. The summed E-state index contributed by atoms with van der Waals surface area (Å²) in [6.07, 6.45) is 1.69. The first-order valence-electron chi connectivity index (χ1n) is 6.99. The molecular weight excluding hydrogens is 288 g/mol. The van der Waals surface area contributed by atoms with Crippen LogP contribution in [0, 0.1) is 0 Å². The maximum absolute atomic E-state index is 11.4. The average Bonchev–Trinajstić information content (AvgIpc) is 2.77. The topological polar surface area (TPSA) is 113 Å². The van der Waals surface area contributed by atoms with Gasteiger partial charge in [-0.15, -0.1) is 0 Å². The number of nitrogens with zero attached hydrogens (tertiary/aromatic N) is 3. The molecule has 0 radical (unpaired) electrons. The van der Waals surface area contributed by atoms with Crippen molar-refractivity contribution in [1.29, 1.82) is 0 Å². The molecule has 2 aromatic heterocycles. The fourth-order valence-corrected chi connectivity index (χ4v) is 1.72. The number of fused-ring (bicyclic) bond motifs is 1. The number of carbonyl (C=O) groups excluding carboxylic acids is 1. The molecule has 9 nitrogen and oxygen atoms in total. The highest BCUT2D eigenvalue weighted by Crippen LogP contribution is 2.06. The van der Waals surface area contributed by atoms with E-state index in [0.29, 0.717) is 31.0 Å². The summed E-state index contributed by atoms with van der Waals surface area (Å²) in [6.45, 7) is 6.56. The van der Waals surface area contributed by atoms with Gasteiger partial charge in [0.2, 0.25) is 0 Å². The molecule has 0 unspecified atom stereocenters. The van der Waals surface area contributed by atoms with Gasteiger partial charge in [0.1, 0.15) is 17.7 Å². The maximum atomic E-state index is 11.4. The van der Waals surface area contributed by atoms with E-state index in [4.69, 9.17) is 4.74 Å². The molecule has 3 N–H and O–H groups in total. The molecule has 0 aliphatic heterocycles. The Hall–Kier alpha value is -2.58. The van der Waals surface area contributed by atoms with Crippen LogP contribution in [0.25, 0.3) is 5.65 Å². The monoisotopic (exact) mass is 308 g/mol. The summed E-state index contributed by atoms with van der Waals surface area (Å²) < 4.78 is 6.44. The molecule has 2 aromatic rings. The lowest BCUT2D eigenvalue weighted by atomic mass is 10.2. The second-order valence-corrected chi connectivity index (χ2v) is 5.74. The van der Waals surface area contributed by atoms with Crippen LogP contribution in [0.15, 0.2) is 17.2 Å². The first-order valence-corrected chi connectivity index (χ1v) is 6.99. The number of rotatable bonds is 5. The van der Waals surface area contributed by atoms with Crippen molar-refractivity contribution in [3.05, 3.63) is 22.9 Å². The van der Waals surface area contributed by atoms with E-state index < -0.39 is 11.7 Å². The van der Waals surface area contributed by atoms with E-state index in [0.717, 1.165) is 0 Å². The zero-order valence-electron chi connectivity index (χ0n) is 12.8. The van der Waals surface area contributed by atoms with E-state index >= 15 is 0 Å². The van der Waals surface area contributed by atoms with Crippen molar-refractivity contribution in [3.8, 4) is 0 Å². The molecule has 2 heterocycles. The summed E-state index contributed by atoms with van der Waals surface area (Å²) in [7, 11) is 0. The number of nitrogens with one attached hydrogen (secondary N) is 3. The number of aromatic amines is 1. The molecule has 2 rings (SSSR count). The predicted molar refractivity (Wildman–Crippen MR) is 81.0 cm³/mol. The number of aromatic nitrogens is 4. The van der Waals surface area contributed by atoms with Crippen LogP contribution in [0.3, 0.4) is 0 Å². The highest BCUT2D eigenvalue weighted by Gasteiger charge is 2.15. The Labute approximate surface area is 127 Å². The van der Waals surface area contributed by atoms with Crippen LogP contribution < -0.4 is 16.3 Å². The summed E-state index contributed by atoms with van der Waals surface area (Å²) in [5.74, 6) is 0.615. The number of hydrogen-bond acceptors (Lipinski definition) is 6. The molecule has 0 fully saturated rings. The lowest BCUT2D eigenvalue weighted by Crippen LogP contribution is -2.33. The van der Waals surface area contributed by atoms with Gasteiger partial charge in [-0.05, 0) is 27.2 Å². The molecule has 0 aromatic carbocycles. The molecule has 0 saturated heterocycles. The lowest BCUT2D eigenvalue weighted by Gasteiger charge is -2.19. The zero-order valence-corrected chi connectivity index (χ0v) is 12.8. The van der Waals surface area contributed by atoms with Crippen LogP contribution in [-0.4, -0.2) is 44.4 Å². The second-order valence-electron chi connectivity index (χ2n) is 5.74. The summed E-state index contributed by atoms with van der Waals surface area (Å²) in [6, 6.07) is 1.67. The molecule has 0 aliphatic rings. The Morgan fingerprint density at radius 1 is 1.41 bits per heavy atom. The van der Waals surface area contributed by atoms with Crippen LogP contribution in [-0.2, 0) is 4.74 Å². The van der Waals surface area contributed by atoms with Gasteiger partial charge in [0, 0.05) is 19.2 Å². The number of alkyl carbamates (subject to hydrolysis) is 1. The molecule has 0 spiro atoms. The molecule has 22 heavy (non-hydrogen) atoms. The Morgan fingerprint density at radius 3 is 2.91 bits per heavy atom. The zero-order chi connectivity index (χ0) is 16.2. The largest absolute Gasteiger partial charge is 0.444 e. The average molecular weight is 308 g/mol. The quantitative estimate of drug-likeness (QED) is 0.702. The van der Waals surface area contributed by atoms with Gasteiger partial charge in [0.25, 0.3) is 0 Å². The number of ether oxygens (including phenoxy) is 1. The second kappa shape index (κ2) is 6.46. The SMILES string of the molecule is CC(C)(C)OC(=O)NCCCNc1cc2n[nH]c(=O)n2cn1. The summed E-state index contributed by atoms with van der Waals surface area (Å²) in [5.41, 5.74) is -0.325. The molecular formula is C13H20N6O3. The van der Waals surface area contributed by atoms with Gasteiger partial charge in [-0.1, -0.05) is 0 Å². The number of anilines is 1. The van der Waals surface area contributed by atoms with Gasteiger partial charge in [-0.3, -0.25) is 0 Å². The van der Waals surface area contributed by atoms with Gasteiger partial charge >= 0.3 is 11.8 Å². The maximum Gasteiger partial charge on any atom is 0.407 e. The Kier molecular flexibility index (Phi) is 4.64. The molecule has 9 heteroatoms. The minimum atomic E-state index is -0.497. The summed E-state index contributed by atoms with van der Waals surface area (Å²) >= 11 is 0. The van der Waals surface area contributed by atoms with E-state index in [-0.39, 0.29) is 5.69 Å². The van der Waals surface area contributed by atoms with Gasteiger partial charge in [-0.2, -0.15) is 5.10 Å². The van der Waals surface area contributed by atoms with Gasteiger partial charge in [0.05, 0.1) is 0 Å². The fraction of sp³-hybridized carbons (Fsp3) is 0.538. The Bertz CT molecular complexity index is 700. The fourth-order valence-electron chi connectivity index (χ4n) is 1.72. The normalized spacial score (nSPS) is 11.4. The first-order chi connectivity index (χ1) is 10.3. The third kappa shape index (κ3) is 4.47. The predicted octanol–water partition coefficient (Wildman–Crippen LogP) is 0.744. The van der Waals surface area contributed by atoms with Crippen molar-refractivity contribution in [2.45, 2.75) is 32.8 Å². The van der Waals surface area contributed by atoms with Crippen molar-refractivity contribution in [2.75, 3.05) is 18.4 Å². The van der Waals surface area contributed by atoms with Crippen molar-refractivity contribution in [2.24, 2.45) is 0 Å². The standard InChI is InChI=1S/C13H20N6O3/c1-13(2,3)22-12(21)15-6-4-5-14-9-7-10-17-18-11(20)19(10)8-16-9/h7-8,14H,4-6H2,1-3H3,(H,15,21)(H,18,20). The number of amides is 1. The van der Waals surface area contributed by atoms with Crippen LogP contribution >= 0.6 is 0 Å². The Morgan fingerprint density at radius 2 is 2.18 bits per heavy atom. The summed E-state index contributed by atoms with van der Waals surface area (Å²) in [5, 5.41) is 12.0. The van der Waals surface area contributed by atoms with Crippen LogP contribution in [0.4, 0.5) is 10.6 Å². The van der Waals surface area contributed by atoms with E-state index in [9.17, 15) is 9.59 Å².